The second kappa shape index (κ2) is 9.66. The molecule has 0 bridgehead atoms. The number of hydrogen-bond donors (Lipinski definition) is 3. The van der Waals surface area contributed by atoms with Gasteiger partial charge in [0.2, 0.25) is 0 Å². The van der Waals surface area contributed by atoms with Gasteiger partial charge in [-0.3, -0.25) is 9.59 Å². The predicted octanol–water partition coefficient (Wildman–Crippen LogP) is 2.49. The number of hydrogen-bond acceptors (Lipinski definition) is 6. The Hall–Kier alpha value is -3.98. The molecule has 0 heterocycles. The minimum atomic E-state index is -4.47. The highest BCUT2D eigenvalue weighted by molar-refractivity contribution is 7.88. The van der Waals surface area contributed by atoms with E-state index >= 15 is 0 Å². The van der Waals surface area contributed by atoms with Gasteiger partial charge in [-0.05, 0) is 54.7 Å². The number of nitrogens with zero attached hydrogens (tertiary/aromatic N) is 1. The van der Waals surface area contributed by atoms with Crippen LogP contribution in [0.5, 0.6) is 5.75 Å². The number of amides is 2. The summed E-state index contributed by atoms with van der Waals surface area (Å²) >= 11 is 0. The molecule has 12 heteroatoms. The molecule has 1 aliphatic rings. The van der Waals surface area contributed by atoms with Crippen molar-refractivity contribution < 1.29 is 35.6 Å². The number of methoxy groups -OCH3 is 1. The number of anilines is 1. The Labute approximate surface area is 192 Å². The Kier molecular flexibility index (Phi) is 5.76. The molecule has 33 heavy (non-hydrogen) atoms. The molecule has 3 N–H and O–H groups in total. The second-order valence-corrected chi connectivity index (χ2v) is 8.27. The topological polar surface area (TPSA) is 137 Å². The number of rotatable bonds is 7. The Bertz CT molecular complexity index is 1380. The lowest BCUT2D eigenvalue weighted by Gasteiger charge is -2.12. The van der Waals surface area contributed by atoms with Crippen LogP contribution in [0.1, 0.15) is 23.4 Å². The fourth-order valence-corrected chi connectivity index (χ4v) is 3.84. The van der Waals surface area contributed by atoms with Crippen LogP contribution in [-0.4, -0.2) is 27.3 Å². The first kappa shape index (κ1) is 19.7. The summed E-state index contributed by atoms with van der Waals surface area (Å²) in [5, 5.41) is 10.5. The zero-order valence-corrected chi connectivity index (χ0v) is 17.6. The zero-order valence-electron chi connectivity index (χ0n) is 19.7. The monoisotopic (exact) mass is 479 g/mol. The van der Waals surface area contributed by atoms with Gasteiger partial charge in [0.05, 0.1) is 11.2 Å². The van der Waals surface area contributed by atoms with Crippen molar-refractivity contribution in [2.75, 3.05) is 12.4 Å². The lowest BCUT2D eigenvalue weighted by Crippen LogP contribution is -2.39. The summed E-state index contributed by atoms with van der Waals surface area (Å²) in [7, 11) is -7.19. The lowest BCUT2D eigenvalue weighted by atomic mass is 10.0. The molecule has 0 atom stereocenters. The van der Waals surface area contributed by atoms with Crippen molar-refractivity contribution >= 4 is 27.7 Å². The minimum Gasteiger partial charge on any atom is -0.497 e. The Morgan fingerprint density at radius 2 is 1.76 bits per heavy atom. The first-order chi connectivity index (χ1) is 16.8. The van der Waals surface area contributed by atoms with E-state index in [1.54, 1.807) is 4.72 Å². The third-order valence-corrected chi connectivity index (χ3v) is 5.55. The summed E-state index contributed by atoms with van der Waals surface area (Å²) in [6.45, 7) is 0. The van der Waals surface area contributed by atoms with Crippen LogP contribution in [-0.2, 0) is 19.8 Å². The summed E-state index contributed by atoms with van der Waals surface area (Å²) in [6, 6.07) is 7.40. The number of benzene rings is 2. The lowest BCUT2D eigenvalue weighted by molar-refractivity contribution is -0.117. The maximum atomic E-state index is 14.8. The highest BCUT2D eigenvalue weighted by Crippen LogP contribution is 2.31. The maximum Gasteiger partial charge on any atom is 0.332 e. The number of nitrogens with one attached hydrogen (secondary N) is 3. The van der Waals surface area contributed by atoms with Crippen molar-refractivity contribution in [2.45, 2.75) is 19.3 Å². The number of carbonyl (C=O) groups excluding carboxylic acids is 2. The fourth-order valence-electron chi connectivity index (χ4n) is 3.30. The van der Waals surface area contributed by atoms with E-state index in [0.29, 0.717) is 6.42 Å². The predicted molar refractivity (Wildman–Crippen MR) is 114 cm³/mol. The van der Waals surface area contributed by atoms with E-state index in [0.717, 1.165) is 18.3 Å². The first-order valence-electron chi connectivity index (χ1n) is 10.8. The van der Waals surface area contributed by atoms with Crippen molar-refractivity contribution in [3.8, 4) is 23.1 Å². The molecule has 0 saturated carbocycles. The molecule has 172 valence electrons. The standard InChI is InChI=1S/C21H18F2N4O5S/c1-32-14-5-2-4-12(8-14)13-9-17(22)19(18(23)10-13)26-20(28)15-6-3-7-16(15)21(29)27-33(30,31)25-11-24/h2,4-5,8-10,25H,3,6-7H2,1H3,(H,26,28)(H,27,29)/i1D3. The third kappa shape index (κ3) is 5.45. The highest BCUT2D eigenvalue weighted by Gasteiger charge is 2.29. The molecule has 0 fully saturated rings. The molecular weight excluding hydrogens is 458 g/mol. The van der Waals surface area contributed by atoms with Crippen LogP contribution in [0.15, 0.2) is 47.5 Å². The van der Waals surface area contributed by atoms with Gasteiger partial charge in [0, 0.05) is 11.1 Å². The molecule has 0 spiro atoms. The van der Waals surface area contributed by atoms with Gasteiger partial charge in [-0.25, -0.2) is 18.2 Å². The van der Waals surface area contributed by atoms with Gasteiger partial charge in [0.1, 0.15) is 23.1 Å². The molecule has 9 nitrogen and oxygen atoms in total. The van der Waals surface area contributed by atoms with Crippen molar-refractivity contribution in [3.05, 3.63) is 59.2 Å². The van der Waals surface area contributed by atoms with Crippen LogP contribution in [0.25, 0.3) is 11.1 Å². The van der Waals surface area contributed by atoms with E-state index in [9.17, 15) is 26.8 Å². The molecular formula is C21H18F2N4O5S. The molecule has 0 aromatic heterocycles. The maximum absolute atomic E-state index is 14.8. The van der Waals surface area contributed by atoms with E-state index in [1.807, 2.05) is 0 Å². The van der Waals surface area contributed by atoms with E-state index < -0.39 is 46.4 Å². The van der Waals surface area contributed by atoms with Crippen molar-refractivity contribution in [3.63, 3.8) is 0 Å². The van der Waals surface area contributed by atoms with Crippen LogP contribution in [0, 0.1) is 23.1 Å². The Morgan fingerprint density at radius 1 is 1.09 bits per heavy atom. The number of nitriles is 1. The van der Waals surface area contributed by atoms with E-state index in [2.05, 4.69) is 5.32 Å². The minimum absolute atomic E-state index is 0.0364. The summed E-state index contributed by atoms with van der Waals surface area (Å²) < 4.78 is 82.0. The average molecular weight is 479 g/mol. The molecule has 0 saturated heterocycles. The van der Waals surface area contributed by atoms with Gasteiger partial charge < -0.3 is 10.1 Å². The van der Waals surface area contributed by atoms with E-state index in [-0.39, 0.29) is 40.9 Å². The van der Waals surface area contributed by atoms with Gasteiger partial charge in [0.15, 0.2) is 6.19 Å². The largest absolute Gasteiger partial charge is 0.497 e. The smallest absolute Gasteiger partial charge is 0.332 e. The van der Waals surface area contributed by atoms with Gasteiger partial charge in [-0.15, -0.1) is 0 Å². The normalized spacial score (nSPS) is 15.0. The Balaban J connectivity index is 1.84. The summed E-state index contributed by atoms with van der Waals surface area (Å²) in [4.78, 5) is 25.0. The van der Waals surface area contributed by atoms with Gasteiger partial charge in [-0.1, -0.05) is 12.1 Å². The van der Waals surface area contributed by atoms with E-state index in [1.165, 1.54) is 29.0 Å². The molecule has 0 radical (unpaired) electrons. The van der Waals surface area contributed by atoms with Gasteiger partial charge in [-0.2, -0.15) is 13.7 Å². The first-order valence-corrected chi connectivity index (χ1v) is 10.8. The number of halogens is 2. The summed E-state index contributed by atoms with van der Waals surface area (Å²) in [5.41, 5.74) is -0.862. The van der Waals surface area contributed by atoms with Crippen molar-refractivity contribution in [1.29, 1.82) is 5.26 Å². The quantitative estimate of drug-likeness (QED) is 0.412. The van der Waals surface area contributed by atoms with Crippen molar-refractivity contribution in [2.24, 2.45) is 0 Å². The third-order valence-electron chi connectivity index (χ3n) is 4.74. The SMILES string of the molecule is [2H]C([2H])([2H])Oc1cccc(-c2cc(F)c(NC(=O)C3=C(C(=O)NS(=O)(=O)NC#N)CCC3)c(F)c2)c1. The number of carbonyl (C=O) groups is 2. The molecule has 2 aromatic rings. The highest BCUT2D eigenvalue weighted by atomic mass is 32.2. The van der Waals surface area contributed by atoms with Gasteiger partial charge in [0.25, 0.3) is 11.8 Å². The van der Waals surface area contributed by atoms with Crippen LogP contribution < -0.4 is 19.5 Å². The Morgan fingerprint density at radius 3 is 2.39 bits per heavy atom. The molecule has 1 aliphatic carbocycles. The molecule has 2 aromatic carbocycles. The van der Waals surface area contributed by atoms with Crippen LogP contribution >= 0.6 is 0 Å². The molecule has 3 rings (SSSR count). The second-order valence-electron chi connectivity index (χ2n) is 6.86. The van der Waals surface area contributed by atoms with Crippen molar-refractivity contribution in [1.82, 2.24) is 9.44 Å². The molecule has 2 amide bonds. The van der Waals surface area contributed by atoms with Crippen LogP contribution in [0.2, 0.25) is 0 Å². The summed E-state index contributed by atoms with van der Waals surface area (Å²) in [5.74, 6) is -4.48. The van der Waals surface area contributed by atoms with E-state index in [4.69, 9.17) is 14.1 Å². The van der Waals surface area contributed by atoms with Crippen LogP contribution in [0.3, 0.4) is 0 Å². The number of ether oxygens (including phenoxy) is 1. The van der Waals surface area contributed by atoms with Crippen LogP contribution in [0.4, 0.5) is 14.5 Å². The van der Waals surface area contributed by atoms with Gasteiger partial charge >= 0.3 is 10.2 Å². The fraction of sp³-hybridized carbons (Fsp3) is 0.190. The zero-order chi connectivity index (χ0) is 26.7. The summed E-state index contributed by atoms with van der Waals surface area (Å²) in [6.07, 6.45) is 1.55. The molecule has 0 aliphatic heterocycles. The average Bonchev–Trinajstić information content (AvgIpc) is 3.25. The molecule has 0 unspecified atom stereocenters.